The van der Waals surface area contributed by atoms with Crippen LogP contribution >= 0.6 is 0 Å². The average molecular weight is 430 g/mol. The zero-order valence-corrected chi connectivity index (χ0v) is 18.2. The first-order chi connectivity index (χ1) is 14.4. The Morgan fingerprint density at radius 2 is 2.10 bits per heavy atom. The highest BCUT2D eigenvalue weighted by Gasteiger charge is 2.34. The summed E-state index contributed by atoms with van der Waals surface area (Å²) in [4.78, 5) is 9.27. The van der Waals surface area contributed by atoms with Crippen LogP contribution in [-0.4, -0.2) is 51.0 Å². The fourth-order valence-electron chi connectivity index (χ4n) is 4.23. The lowest BCUT2D eigenvalue weighted by Crippen LogP contribution is -2.50. The molecule has 10 heteroatoms. The van der Waals surface area contributed by atoms with Gasteiger partial charge in [0.25, 0.3) is 0 Å². The number of fused-ring (bicyclic) bond motifs is 1. The van der Waals surface area contributed by atoms with Gasteiger partial charge in [0.1, 0.15) is 11.6 Å². The van der Waals surface area contributed by atoms with Crippen molar-refractivity contribution in [1.82, 2.24) is 24.5 Å². The zero-order chi connectivity index (χ0) is 21.3. The normalized spacial score (nSPS) is 22.5. The third kappa shape index (κ3) is 4.24. The van der Waals surface area contributed by atoms with E-state index in [0.717, 1.165) is 41.7 Å². The Morgan fingerprint density at radius 3 is 2.80 bits per heavy atom. The van der Waals surface area contributed by atoms with Crippen LogP contribution in [0.5, 0.6) is 0 Å². The number of aromatic amines is 1. The maximum atomic E-state index is 11.7. The molecule has 0 unspecified atom stereocenters. The van der Waals surface area contributed by atoms with Gasteiger partial charge in [0.05, 0.1) is 5.52 Å². The molecule has 3 N–H and O–H groups in total. The topological polar surface area (TPSA) is 116 Å². The summed E-state index contributed by atoms with van der Waals surface area (Å²) in [5.74, 6) is 2.08. The predicted molar refractivity (Wildman–Crippen MR) is 118 cm³/mol. The number of thiol groups is 1. The van der Waals surface area contributed by atoms with E-state index in [1.807, 2.05) is 45.0 Å². The number of hydrogen-bond donors (Lipinski definition) is 4. The van der Waals surface area contributed by atoms with Gasteiger partial charge < -0.3 is 10.6 Å². The molecule has 0 aliphatic carbocycles. The number of piperidine rings is 1. The van der Waals surface area contributed by atoms with Crippen LogP contribution in [0.25, 0.3) is 10.9 Å². The van der Waals surface area contributed by atoms with Crippen molar-refractivity contribution >= 4 is 39.2 Å². The molecule has 0 radical (unpaired) electrons. The Morgan fingerprint density at radius 1 is 1.27 bits per heavy atom. The third-order valence-corrected chi connectivity index (χ3v) is 6.67. The minimum atomic E-state index is -2.58. The minimum Gasteiger partial charge on any atom is -0.367 e. The lowest BCUT2D eigenvalue weighted by Gasteiger charge is -2.40. The first-order valence-corrected chi connectivity index (χ1v) is 11.3. The molecule has 9 nitrogen and oxygen atoms in total. The van der Waals surface area contributed by atoms with Crippen LogP contribution in [0, 0.1) is 6.92 Å². The summed E-state index contributed by atoms with van der Waals surface area (Å²) < 4.78 is 25.0. The molecular weight excluding hydrogens is 402 g/mol. The number of aromatic nitrogens is 4. The third-order valence-electron chi connectivity index (χ3n) is 5.57. The molecule has 3 aromatic rings. The van der Waals surface area contributed by atoms with Gasteiger partial charge >= 0.3 is 0 Å². The number of nitrogens with zero attached hydrogens (tertiary/aromatic N) is 4. The molecular formula is C20H27N7O2S. The number of rotatable bonds is 6. The molecule has 0 aromatic carbocycles. The number of H-pyrrole nitrogens is 1. The number of hydrogen-bond acceptors (Lipinski definition) is 7. The van der Waals surface area contributed by atoms with Gasteiger partial charge in [-0.3, -0.25) is 10.1 Å². The van der Waals surface area contributed by atoms with E-state index in [9.17, 15) is 8.42 Å². The van der Waals surface area contributed by atoms with Crippen LogP contribution in [0.2, 0.25) is 0 Å². The van der Waals surface area contributed by atoms with E-state index in [0.29, 0.717) is 11.6 Å². The van der Waals surface area contributed by atoms with E-state index in [-0.39, 0.29) is 18.1 Å². The van der Waals surface area contributed by atoms with Crippen LogP contribution in [0.15, 0.2) is 30.5 Å². The van der Waals surface area contributed by atoms with Crippen LogP contribution in [0.3, 0.4) is 0 Å². The van der Waals surface area contributed by atoms with Crippen LogP contribution < -0.4 is 10.6 Å². The van der Waals surface area contributed by atoms with Gasteiger partial charge in [-0.15, -0.1) is 0 Å². The summed E-state index contributed by atoms with van der Waals surface area (Å²) in [6, 6.07) is 7.74. The molecule has 0 spiro atoms. The first-order valence-electron chi connectivity index (χ1n) is 10.2. The van der Waals surface area contributed by atoms with E-state index in [1.165, 1.54) is 0 Å². The molecule has 1 aliphatic heterocycles. The Kier molecular flexibility index (Phi) is 5.87. The largest absolute Gasteiger partial charge is 0.367 e. The molecule has 3 atom stereocenters. The quantitative estimate of drug-likeness (QED) is 0.445. The van der Waals surface area contributed by atoms with Gasteiger partial charge in [0.15, 0.2) is 5.82 Å². The van der Waals surface area contributed by atoms with Gasteiger partial charge in [-0.05, 0) is 45.2 Å². The summed E-state index contributed by atoms with van der Waals surface area (Å²) in [5, 5.41) is 14.8. The molecule has 1 aliphatic rings. The van der Waals surface area contributed by atoms with Gasteiger partial charge in [-0.25, -0.2) is 13.4 Å². The van der Waals surface area contributed by atoms with Crippen LogP contribution in [0.4, 0.5) is 17.5 Å². The zero-order valence-electron chi connectivity index (χ0n) is 17.3. The highest BCUT2D eigenvalue weighted by atomic mass is 32.2. The molecule has 160 valence electrons. The standard InChI is InChI=1S/C20H27N7O2S/c1-4-15-10-14(9-13(3)27(15)30(28)29)22-20-16-6-5-7-21-17(16)11-18(24-20)23-19-8-12(2)25-26-19/h5-8,11,13-15,30H,4,9-10H2,1-3H3,(H3,22,23,24,25,26)/t13-,14-,15+/m1/s1. The summed E-state index contributed by atoms with van der Waals surface area (Å²) in [6.07, 6.45) is 4.00. The van der Waals surface area contributed by atoms with E-state index in [4.69, 9.17) is 4.98 Å². The monoisotopic (exact) mass is 429 g/mol. The molecule has 1 saturated heterocycles. The second-order valence-corrected chi connectivity index (χ2v) is 8.77. The molecule has 1 fully saturated rings. The van der Waals surface area contributed by atoms with Crippen molar-refractivity contribution in [2.75, 3.05) is 10.6 Å². The summed E-state index contributed by atoms with van der Waals surface area (Å²) in [5.41, 5.74) is 1.78. The van der Waals surface area contributed by atoms with Gasteiger partial charge in [0.2, 0.25) is 10.9 Å². The Hall–Kier alpha value is -2.72. The fourth-order valence-corrected chi connectivity index (χ4v) is 5.17. The van der Waals surface area contributed by atoms with E-state index in [1.54, 1.807) is 10.5 Å². The minimum absolute atomic E-state index is 0.00918. The number of aryl methyl sites for hydroxylation is 1. The molecule has 4 heterocycles. The van der Waals surface area contributed by atoms with Gasteiger partial charge in [-0.1, -0.05) is 6.92 Å². The molecule has 0 bridgehead atoms. The molecule has 0 saturated carbocycles. The Bertz CT molecular complexity index is 1110. The van der Waals surface area contributed by atoms with Crippen molar-refractivity contribution in [2.45, 2.75) is 58.2 Å². The van der Waals surface area contributed by atoms with Crippen molar-refractivity contribution < 1.29 is 8.42 Å². The van der Waals surface area contributed by atoms with Crippen molar-refractivity contribution in [3.05, 3.63) is 36.2 Å². The highest BCUT2D eigenvalue weighted by molar-refractivity contribution is 7.69. The number of pyridine rings is 2. The lowest BCUT2D eigenvalue weighted by molar-refractivity contribution is 0.181. The second kappa shape index (κ2) is 8.57. The first kappa shape index (κ1) is 20.5. The molecule has 30 heavy (non-hydrogen) atoms. The van der Waals surface area contributed by atoms with Crippen molar-refractivity contribution in [3.63, 3.8) is 0 Å². The van der Waals surface area contributed by atoms with Gasteiger partial charge in [0, 0.05) is 47.5 Å². The SMILES string of the molecule is CC[C@H]1C[C@H](Nc2nc(Nc3cc(C)[nH]n3)cc3ncccc23)C[C@@H](C)N1[SH](=O)=O. The average Bonchev–Trinajstić information content (AvgIpc) is 3.11. The van der Waals surface area contributed by atoms with E-state index >= 15 is 0 Å². The van der Waals surface area contributed by atoms with Crippen molar-refractivity contribution in [3.8, 4) is 0 Å². The maximum absolute atomic E-state index is 11.7. The van der Waals surface area contributed by atoms with E-state index in [2.05, 4.69) is 25.8 Å². The Balaban J connectivity index is 1.63. The second-order valence-electron chi connectivity index (χ2n) is 7.83. The number of nitrogens with one attached hydrogen (secondary N) is 3. The molecule has 0 amide bonds. The molecule has 4 rings (SSSR count). The van der Waals surface area contributed by atoms with Gasteiger partial charge in [-0.2, -0.15) is 9.40 Å². The summed E-state index contributed by atoms with van der Waals surface area (Å²) in [6.45, 7) is 5.93. The predicted octanol–water partition coefficient (Wildman–Crippen LogP) is 2.97. The lowest BCUT2D eigenvalue weighted by atomic mass is 9.93. The summed E-state index contributed by atoms with van der Waals surface area (Å²) >= 11 is 0. The summed E-state index contributed by atoms with van der Waals surface area (Å²) in [7, 11) is -2.58. The number of anilines is 3. The van der Waals surface area contributed by atoms with E-state index < -0.39 is 10.9 Å². The van der Waals surface area contributed by atoms with Crippen molar-refractivity contribution in [1.29, 1.82) is 0 Å². The van der Waals surface area contributed by atoms with Crippen LogP contribution in [-0.2, 0) is 10.9 Å². The highest BCUT2D eigenvalue weighted by Crippen LogP contribution is 2.30. The fraction of sp³-hybridized carbons (Fsp3) is 0.450. The smallest absolute Gasteiger partial charge is 0.204 e. The molecule has 3 aromatic heterocycles. The van der Waals surface area contributed by atoms with Crippen LogP contribution in [0.1, 0.15) is 38.8 Å². The Labute approximate surface area is 177 Å². The van der Waals surface area contributed by atoms with Crippen molar-refractivity contribution in [2.24, 2.45) is 0 Å². The maximum Gasteiger partial charge on any atom is 0.204 e.